The fourth-order valence-electron chi connectivity index (χ4n) is 1.37. The zero-order valence-electron chi connectivity index (χ0n) is 8.99. The van der Waals surface area contributed by atoms with Gasteiger partial charge in [0.25, 0.3) is 0 Å². The summed E-state index contributed by atoms with van der Waals surface area (Å²) in [6, 6.07) is -0.359. The molecule has 15 heavy (non-hydrogen) atoms. The number of aliphatic hydroxyl groups is 1. The van der Waals surface area contributed by atoms with Gasteiger partial charge in [0.15, 0.2) is 0 Å². The lowest BCUT2D eigenvalue weighted by Gasteiger charge is -2.18. The van der Waals surface area contributed by atoms with E-state index in [1.807, 2.05) is 6.92 Å². The number of ether oxygens (including phenoxy) is 1. The van der Waals surface area contributed by atoms with Crippen molar-refractivity contribution in [2.45, 2.75) is 26.0 Å². The Bertz CT molecular complexity index is 356. The maximum Gasteiger partial charge on any atom is 0.139 e. The second-order valence-corrected chi connectivity index (χ2v) is 4.31. The summed E-state index contributed by atoms with van der Waals surface area (Å²) in [5.74, 6) is 0.680. The summed E-state index contributed by atoms with van der Waals surface area (Å²) in [7, 11) is 1.58. The van der Waals surface area contributed by atoms with Crippen LogP contribution in [-0.4, -0.2) is 23.2 Å². The van der Waals surface area contributed by atoms with E-state index in [2.05, 4.69) is 20.9 Å². The molecule has 5 heteroatoms. The van der Waals surface area contributed by atoms with Crippen molar-refractivity contribution >= 4 is 15.9 Å². The lowest BCUT2D eigenvalue weighted by atomic mass is 10.0. The molecular formula is C10H15BrN2O2. The van der Waals surface area contributed by atoms with Crippen LogP contribution in [-0.2, 0) is 0 Å². The smallest absolute Gasteiger partial charge is 0.139 e. The van der Waals surface area contributed by atoms with Gasteiger partial charge in [0.05, 0.1) is 17.3 Å². The minimum absolute atomic E-state index is 0.359. The summed E-state index contributed by atoms with van der Waals surface area (Å²) < 4.78 is 5.97. The quantitative estimate of drug-likeness (QED) is 0.878. The monoisotopic (exact) mass is 274 g/mol. The van der Waals surface area contributed by atoms with Crippen molar-refractivity contribution in [3.8, 4) is 5.75 Å². The average Bonchev–Trinajstić information content (AvgIpc) is 2.17. The number of pyridine rings is 1. The molecule has 1 aromatic rings. The number of methoxy groups -OCH3 is 1. The normalized spacial score (nSPS) is 14.8. The number of hydrogen-bond acceptors (Lipinski definition) is 4. The molecule has 2 atom stereocenters. The molecule has 0 saturated carbocycles. The van der Waals surface area contributed by atoms with Gasteiger partial charge in [-0.2, -0.15) is 0 Å². The molecule has 2 unspecified atom stereocenters. The van der Waals surface area contributed by atoms with E-state index >= 15 is 0 Å². The molecule has 1 rings (SSSR count). The molecule has 4 nitrogen and oxygen atoms in total. The maximum absolute atomic E-state index is 9.83. The topological polar surface area (TPSA) is 68.4 Å². The van der Waals surface area contributed by atoms with E-state index in [-0.39, 0.29) is 6.04 Å². The number of aromatic nitrogens is 1. The van der Waals surface area contributed by atoms with Gasteiger partial charge in [-0.15, -0.1) is 0 Å². The first-order valence-electron chi connectivity index (χ1n) is 4.61. The fraction of sp³-hybridized carbons (Fsp3) is 0.500. The summed E-state index contributed by atoms with van der Waals surface area (Å²) in [5.41, 5.74) is 6.99. The average molecular weight is 275 g/mol. The van der Waals surface area contributed by atoms with Crippen LogP contribution in [0, 0.1) is 6.92 Å². The Hall–Kier alpha value is -0.650. The van der Waals surface area contributed by atoms with Crippen molar-refractivity contribution in [2.24, 2.45) is 5.73 Å². The Kier molecular flexibility index (Phi) is 4.07. The highest BCUT2D eigenvalue weighted by Gasteiger charge is 2.19. The molecule has 0 aliphatic heterocycles. The molecule has 0 aliphatic rings. The molecule has 3 N–H and O–H groups in total. The Morgan fingerprint density at radius 1 is 1.60 bits per heavy atom. The molecule has 84 valence electrons. The molecule has 0 amide bonds. The molecule has 1 heterocycles. The van der Waals surface area contributed by atoms with Gasteiger partial charge in [-0.25, -0.2) is 0 Å². The second kappa shape index (κ2) is 4.92. The number of aliphatic hydroxyl groups excluding tert-OH is 1. The van der Waals surface area contributed by atoms with Crippen LogP contribution in [0.4, 0.5) is 0 Å². The Morgan fingerprint density at radius 2 is 2.20 bits per heavy atom. The highest BCUT2D eigenvalue weighted by molar-refractivity contribution is 9.10. The first-order valence-corrected chi connectivity index (χ1v) is 5.41. The van der Waals surface area contributed by atoms with E-state index < -0.39 is 6.10 Å². The van der Waals surface area contributed by atoms with Gasteiger partial charge in [-0.1, -0.05) is 0 Å². The lowest BCUT2D eigenvalue weighted by molar-refractivity contribution is 0.147. The Balaban J connectivity index is 3.21. The van der Waals surface area contributed by atoms with Crippen LogP contribution < -0.4 is 10.5 Å². The standard InChI is InChI=1S/C10H15BrN2O2/c1-5-8(9(14)6(2)12)13-4-7(11)10(5)15-3/h4,6,9,14H,12H2,1-3H3. The SMILES string of the molecule is COc1c(Br)cnc(C(O)C(C)N)c1C. The summed E-state index contributed by atoms with van der Waals surface area (Å²) >= 11 is 3.33. The number of halogens is 1. The van der Waals surface area contributed by atoms with Crippen LogP contribution in [0.15, 0.2) is 10.7 Å². The third-order valence-electron chi connectivity index (χ3n) is 2.24. The number of rotatable bonds is 3. The third kappa shape index (κ3) is 2.48. The van der Waals surface area contributed by atoms with Gasteiger partial charge in [0.2, 0.25) is 0 Å². The second-order valence-electron chi connectivity index (χ2n) is 3.45. The molecule has 0 radical (unpaired) electrons. The van der Waals surface area contributed by atoms with Crippen molar-refractivity contribution in [3.63, 3.8) is 0 Å². The summed E-state index contributed by atoms with van der Waals surface area (Å²) in [5, 5.41) is 9.83. The Labute approximate surface area is 97.6 Å². The number of nitrogens with two attached hydrogens (primary N) is 1. The third-order valence-corrected chi connectivity index (χ3v) is 2.81. The first-order chi connectivity index (χ1) is 6.99. The molecule has 0 bridgehead atoms. The largest absolute Gasteiger partial charge is 0.495 e. The van der Waals surface area contributed by atoms with E-state index in [1.165, 1.54) is 0 Å². The van der Waals surface area contributed by atoms with Crippen molar-refractivity contribution in [3.05, 3.63) is 21.9 Å². The van der Waals surface area contributed by atoms with Gasteiger partial charge >= 0.3 is 0 Å². The maximum atomic E-state index is 9.83. The molecule has 0 aliphatic carbocycles. The Morgan fingerprint density at radius 3 is 2.67 bits per heavy atom. The minimum atomic E-state index is -0.771. The summed E-state index contributed by atoms with van der Waals surface area (Å²) in [4.78, 5) is 4.15. The van der Waals surface area contributed by atoms with E-state index in [1.54, 1.807) is 20.2 Å². The predicted molar refractivity (Wildman–Crippen MR) is 61.8 cm³/mol. The molecule has 0 fully saturated rings. The highest BCUT2D eigenvalue weighted by atomic mass is 79.9. The van der Waals surface area contributed by atoms with Crippen molar-refractivity contribution in [2.75, 3.05) is 7.11 Å². The van der Waals surface area contributed by atoms with Crippen molar-refractivity contribution < 1.29 is 9.84 Å². The zero-order valence-corrected chi connectivity index (χ0v) is 10.6. The summed E-state index contributed by atoms with van der Waals surface area (Å²) in [6.07, 6.45) is 0.833. The van der Waals surface area contributed by atoms with Crippen LogP contribution in [0.3, 0.4) is 0 Å². The molecule has 0 saturated heterocycles. The lowest BCUT2D eigenvalue weighted by Crippen LogP contribution is -2.26. The van der Waals surface area contributed by atoms with E-state index in [0.29, 0.717) is 11.4 Å². The van der Waals surface area contributed by atoms with E-state index in [0.717, 1.165) is 10.0 Å². The van der Waals surface area contributed by atoms with Crippen molar-refractivity contribution in [1.29, 1.82) is 0 Å². The molecular weight excluding hydrogens is 260 g/mol. The van der Waals surface area contributed by atoms with E-state index in [4.69, 9.17) is 10.5 Å². The highest BCUT2D eigenvalue weighted by Crippen LogP contribution is 2.32. The predicted octanol–water partition coefficient (Wildman–Crippen LogP) is 1.54. The fourth-order valence-corrected chi connectivity index (χ4v) is 1.94. The summed E-state index contributed by atoms with van der Waals surface area (Å²) in [6.45, 7) is 3.58. The zero-order chi connectivity index (χ0) is 11.6. The molecule has 0 aromatic carbocycles. The van der Waals surface area contributed by atoms with Crippen LogP contribution in [0.1, 0.15) is 24.3 Å². The van der Waals surface area contributed by atoms with Crippen LogP contribution in [0.2, 0.25) is 0 Å². The molecule has 1 aromatic heterocycles. The van der Waals surface area contributed by atoms with Gasteiger partial charge in [-0.05, 0) is 29.8 Å². The van der Waals surface area contributed by atoms with Gasteiger partial charge < -0.3 is 15.6 Å². The van der Waals surface area contributed by atoms with Crippen LogP contribution >= 0.6 is 15.9 Å². The van der Waals surface area contributed by atoms with Gasteiger partial charge in [0.1, 0.15) is 11.9 Å². The minimum Gasteiger partial charge on any atom is -0.495 e. The first kappa shape index (κ1) is 12.4. The number of nitrogens with zero attached hydrogens (tertiary/aromatic N) is 1. The van der Waals surface area contributed by atoms with E-state index in [9.17, 15) is 5.11 Å². The van der Waals surface area contributed by atoms with Gasteiger partial charge in [0, 0.05) is 17.8 Å². The van der Waals surface area contributed by atoms with Crippen LogP contribution in [0.25, 0.3) is 0 Å². The van der Waals surface area contributed by atoms with Crippen molar-refractivity contribution in [1.82, 2.24) is 4.98 Å². The number of hydrogen-bond donors (Lipinski definition) is 2. The molecule has 0 spiro atoms. The van der Waals surface area contributed by atoms with Gasteiger partial charge in [-0.3, -0.25) is 4.98 Å². The van der Waals surface area contributed by atoms with Crippen LogP contribution in [0.5, 0.6) is 5.75 Å².